The van der Waals surface area contributed by atoms with Crippen LogP contribution in [0.5, 0.6) is 0 Å². The van der Waals surface area contributed by atoms with Gasteiger partial charge in [0.15, 0.2) is 0 Å². The van der Waals surface area contributed by atoms with E-state index in [1.807, 2.05) is 6.07 Å². The molecule has 0 amide bonds. The Hall–Kier alpha value is -1.75. The van der Waals surface area contributed by atoms with E-state index in [0.717, 1.165) is 11.1 Å². The number of rotatable bonds is 1. The van der Waals surface area contributed by atoms with Crippen molar-refractivity contribution in [2.45, 2.75) is 45.1 Å². The molecule has 5 heteroatoms. The van der Waals surface area contributed by atoms with Gasteiger partial charge in [0.25, 0.3) is 0 Å². The van der Waals surface area contributed by atoms with Crippen LogP contribution in [0.3, 0.4) is 0 Å². The van der Waals surface area contributed by atoms with Gasteiger partial charge in [0.1, 0.15) is 5.82 Å². The normalized spacial score (nSPS) is 15.0. The summed E-state index contributed by atoms with van der Waals surface area (Å²) in [7, 11) is 0. The Kier molecular flexibility index (Phi) is 4.63. The lowest BCUT2D eigenvalue weighted by molar-refractivity contribution is 0.504. The summed E-state index contributed by atoms with van der Waals surface area (Å²) < 4.78 is 1.59. The summed E-state index contributed by atoms with van der Waals surface area (Å²) in [4.78, 5) is 0. The fraction of sp³-hybridized carbons (Fsp3) is 0.500. The van der Waals surface area contributed by atoms with Crippen molar-refractivity contribution in [3.8, 4) is 0 Å². The molecule has 19 heavy (non-hydrogen) atoms. The minimum atomic E-state index is 0.389. The molecule has 0 aliphatic heterocycles. The second-order valence-electron chi connectivity index (χ2n) is 4.96. The molecular weight excluding hydrogens is 238 g/mol. The fourth-order valence-electron chi connectivity index (χ4n) is 2.36. The Morgan fingerprint density at radius 3 is 2.11 bits per heavy atom. The Bertz CT molecular complexity index is 516. The van der Waals surface area contributed by atoms with Crippen LogP contribution in [0, 0.1) is 0 Å². The second kappa shape index (κ2) is 6.43. The molecule has 0 atom stereocenters. The number of nitrogens with zero attached hydrogens (tertiary/aromatic N) is 2. The summed E-state index contributed by atoms with van der Waals surface area (Å²) >= 11 is 0. The van der Waals surface area contributed by atoms with Gasteiger partial charge in [-0.1, -0.05) is 38.5 Å². The third kappa shape index (κ3) is 3.17. The number of anilines is 2. The van der Waals surface area contributed by atoms with E-state index in [4.69, 9.17) is 17.2 Å². The van der Waals surface area contributed by atoms with Crippen molar-refractivity contribution in [3.63, 3.8) is 0 Å². The highest BCUT2D eigenvalue weighted by atomic mass is 15.2. The van der Waals surface area contributed by atoms with Gasteiger partial charge in [-0.2, -0.15) is 5.10 Å². The first-order valence-electron chi connectivity index (χ1n) is 6.94. The van der Waals surface area contributed by atoms with Crippen molar-refractivity contribution in [1.29, 1.82) is 0 Å². The summed E-state index contributed by atoms with van der Waals surface area (Å²) in [6.45, 7) is 0.389. The van der Waals surface area contributed by atoms with E-state index in [0.29, 0.717) is 18.1 Å². The van der Waals surface area contributed by atoms with Crippen LogP contribution in [0.15, 0.2) is 18.3 Å². The lowest BCUT2D eigenvalue weighted by Gasteiger charge is -2.05. The number of nitrogens with two attached hydrogens (primary N) is 3. The number of hydrogen-bond donors (Lipinski definition) is 3. The third-order valence-electron chi connectivity index (χ3n) is 3.56. The maximum atomic E-state index is 5.85. The fourth-order valence-corrected chi connectivity index (χ4v) is 2.36. The molecule has 0 saturated heterocycles. The van der Waals surface area contributed by atoms with Crippen molar-refractivity contribution in [3.05, 3.63) is 23.9 Å². The van der Waals surface area contributed by atoms with Crippen LogP contribution in [0.25, 0.3) is 5.52 Å². The Morgan fingerprint density at radius 2 is 1.58 bits per heavy atom. The largest absolute Gasteiger partial charge is 0.397 e. The van der Waals surface area contributed by atoms with Crippen molar-refractivity contribution in [2.75, 3.05) is 11.5 Å². The molecule has 0 spiro atoms. The SMILES string of the molecule is C1CCCCC1.NCc1cnn2c(N)ccc2c1N. The second-order valence-corrected chi connectivity index (χ2v) is 4.96. The zero-order chi connectivity index (χ0) is 13.7. The van der Waals surface area contributed by atoms with Crippen LogP contribution in [-0.2, 0) is 6.54 Å². The third-order valence-corrected chi connectivity index (χ3v) is 3.56. The van der Waals surface area contributed by atoms with E-state index in [1.54, 1.807) is 16.8 Å². The number of fused-ring (bicyclic) bond motifs is 1. The molecule has 2 aromatic rings. The molecule has 0 aromatic carbocycles. The molecule has 5 nitrogen and oxygen atoms in total. The van der Waals surface area contributed by atoms with Gasteiger partial charge in [-0.3, -0.25) is 0 Å². The number of aromatic nitrogens is 2. The molecule has 1 aliphatic rings. The van der Waals surface area contributed by atoms with E-state index in [-0.39, 0.29) is 0 Å². The van der Waals surface area contributed by atoms with Crippen LogP contribution in [-0.4, -0.2) is 9.61 Å². The molecule has 6 N–H and O–H groups in total. The summed E-state index contributed by atoms with van der Waals surface area (Å²) in [5, 5.41) is 4.10. The Balaban J connectivity index is 0.000000186. The van der Waals surface area contributed by atoms with Gasteiger partial charge in [0.2, 0.25) is 0 Å². The molecule has 0 unspecified atom stereocenters. The quantitative estimate of drug-likeness (QED) is 0.734. The molecule has 2 aromatic heterocycles. The smallest absolute Gasteiger partial charge is 0.125 e. The lowest BCUT2D eigenvalue weighted by Crippen LogP contribution is -2.06. The molecule has 3 rings (SSSR count). The number of nitrogen functional groups attached to an aromatic ring is 2. The maximum Gasteiger partial charge on any atom is 0.125 e. The van der Waals surface area contributed by atoms with Crippen molar-refractivity contribution < 1.29 is 0 Å². The van der Waals surface area contributed by atoms with Gasteiger partial charge >= 0.3 is 0 Å². The highest BCUT2D eigenvalue weighted by Gasteiger charge is 2.05. The standard InChI is InChI=1S/C8H11N5.C6H12/c9-3-5-4-12-13-6(8(5)11)1-2-7(13)10;1-2-4-6-5-3-1/h1-2,4H,3,9-11H2;1-6H2. The molecule has 1 fully saturated rings. The van der Waals surface area contributed by atoms with E-state index in [1.165, 1.54) is 38.5 Å². The first kappa shape index (κ1) is 13.7. The van der Waals surface area contributed by atoms with Gasteiger partial charge in [0, 0.05) is 12.1 Å². The van der Waals surface area contributed by atoms with Gasteiger partial charge in [-0.05, 0) is 12.1 Å². The topological polar surface area (TPSA) is 95.4 Å². The van der Waals surface area contributed by atoms with Crippen LogP contribution in [0.1, 0.15) is 44.1 Å². The zero-order valence-corrected chi connectivity index (χ0v) is 11.3. The lowest BCUT2D eigenvalue weighted by atomic mass is 10.0. The summed E-state index contributed by atoms with van der Waals surface area (Å²) in [5.74, 6) is 0.574. The highest BCUT2D eigenvalue weighted by Crippen LogP contribution is 2.20. The zero-order valence-electron chi connectivity index (χ0n) is 11.3. The first-order chi connectivity index (χ1) is 9.24. The predicted octanol–water partition coefficient (Wildman–Crippen LogP) is 2.30. The summed E-state index contributed by atoms with van der Waals surface area (Å²) in [6.07, 6.45) is 10.6. The minimum absolute atomic E-state index is 0.389. The van der Waals surface area contributed by atoms with E-state index >= 15 is 0 Å². The van der Waals surface area contributed by atoms with Crippen molar-refractivity contribution >= 4 is 17.0 Å². The van der Waals surface area contributed by atoms with Gasteiger partial charge in [-0.25, -0.2) is 4.52 Å². The highest BCUT2D eigenvalue weighted by molar-refractivity contribution is 5.74. The molecule has 0 radical (unpaired) electrons. The average Bonchev–Trinajstić information content (AvgIpc) is 2.85. The van der Waals surface area contributed by atoms with Crippen molar-refractivity contribution in [2.24, 2.45) is 5.73 Å². The van der Waals surface area contributed by atoms with Gasteiger partial charge in [0.05, 0.1) is 17.4 Å². The van der Waals surface area contributed by atoms with Crippen molar-refractivity contribution in [1.82, 2.24) is 9.61 Å². The maximum absolute atomic E-state index is 5.85. The van der Waals surface area contributed by atoms with Crippen LogP contribution < -0.4 is 17.2 Å². The van der Waals surface area contributed by atoms with E-state index in [2.05, 4.69) is 5.10 Å². The summed E-state index contributed by atoms with van der Waals surface area (Å²) in [6, 6.07) is 3.59. The van der Waals surface area contributed by atoms with Crippen LogP contribution in [0.4, 0.5) is 11.5 Å². The molecule has 0 bridgehead atoms. The van der Waals surface area contributed by atoms with Gasteiger partial charge < -0.3 is 17.2 Å². The van der Waals surface area contributed by atoms with Gasteiger partial charge in [-0.15, -0.1) is 0 Å². The average molecular weight is 261 g/mol. The molecular formula is C14H23N5. The monoisotopic (exact) mass is 261 g/mol. The summed E-state index contributed by atoms with van der Waals surface area (Å²) in [5.41, 5.74) is 19.3. The first-order valence-corrected chi connectivity index (χ1v) is 6.94. The van der Waals surface area contributed by atoms with Crippen LogP contribution in [0.2, 0.25) is 0 Å². The molecule has 104 valence electrons. The number of hydrogen-bond acceptors (Lipinski definition) is 4. The van der Waals surface area contributed by atoms with Crippen LogP contribution >= 0.6 is 0 Å². The minimum Gasteiger partial charge on any atom is -0.397 e. The Labute approximate surface area is 113 Å². The van der Waals surface area contributed by atoms with E-state index in [9.17, 15) is 0 Å². The van der Waals surface area contributed by atoms with E-state index < -0.39 is 0 Å². The molecule has 1 saturated carbocycles. The Morgan fingerprint density at radius 1 is 1.00 bits per heavy atom. The molecule has 2 heterocycles. The predicted molar refractivity (Wildman–Crippen MR) is 79.6 cm³/mol. The molecule has 1 aliphatic carbocycles.